The topological polar surface area (TPSA) is 86.0 Å². The van der Waals surface area contributed by atoms with Gasteiger partial charge in [-0.3, -0.25) is 19.5 Å². The third-order valence-electron chi connectivity index (χ3n) is 6.09. The van der Waals surface area contributed by atoms with E-state index in [2.05, 4.69) is 4.99 Å². The Bertz CT molecular complexity index is 1330. The van der Waals surface area contributed by atoms with Crippen molar-refractivity contribution in [1.82, 2.24) is 4.90 Å². The van der Waals surface area contributed by atoms with Crippen molar-refractivity contribution in [2.24, 2.45) is 4.99 Å². The standard InChI is InChI=1S/C29H34F2N4O3S/c1-9-21(14-12-18(4)33-24(10-2)25(19(5)36)38-11-3)35-27(39)34(26(37)28(35,6)7)22-15-13-20(17-32)23(16-22)29(8,30)31/h9,12-16H,10-11H2,1-8H3/b14-12-,21-9+,25-24+,33-18+. The van der Waals surface area contributed by atoms with Crippen LogP contribution in [0.1, 0.15) is 72.9 Å². The van der Waals surface area contributed by atoms with E-state index in [0.29, 0.717) is 37.1 Å². The van der Waals surface area contributed by atoms with Crippen LogP contribution in [0.25, 0.3) is 0 Å². The molecule has 0 atom stereocenters. The molecule has 7 nitrogen and oxygen atoms in total. The van der Waals surface area contributed by atoms with Crippen LogP contribution in [-0.2, 0) is 20.2 Å². The van der Waals surface area contributed by atoms with E-state index < -0.39 is 22.9 Å². The number of halogens is 2. The first-order valence-electron chi connectivity index (χ1n) is 12.5. The van der Waals surface area contributed by atoms with Gasteiger partial charge >= 0.3 is 0 Å². The normalized spacial score (nSPS) is 17.1. The van der Waals surface area contributed by atoms with Crippen LogP contribution in [0.15, 0.2) is 58.6 Å². The SMILES string of the molecule is C\C=C(/C=C\C(C)=N\C(CC)=C(\OCC)C(C)=O)N1C(=S)N(c2ccc(C#N)c(C(C)(F)F)c2)C(=O)C1(C)C. The fraction of sp³-hybridized carbons (Fsp3) is 0.414. The number of thiocarbonyl (C=S) groups is 1. The van der Waals surface area contributed by atoms with E-state index in [4.69, 9.17) is 17.0 Å². The summed E-state index contributed by atoms with van der Waals surface area (Å²) in [5.74, 6) is -3.68. The molecule has 10 heteroatoms. The summed E-state index contributed by atoms with van der Waals surface area (Å²) in [6.45, 7) is 13.1. The maximum absolute atomic E-state index is 14.2. The highest BCUT2D eigenvalue weighted by Gasteiger charge is 2.50. The Morgan fingerprint density at radius 1 is 1.26 bits per heavy atom. The molecule has 1 heterocycles. The highest BCUT2D eigenvalue weighted by Crippen LogP contribution is 2.38. The Morgan fingerprint density at radius 2 is 1.90 bits per heavy atom. The molecule has 1 saturated heterocycles. The number of aliphatic imine (C=N–C) groups is 1. The van der Waals surface area contributed by atoms with Crippen molar-refractivity contribution in [3.8, 4) is 6.07 Å². The van der Waals surface area contributed by atoms with E-state index in [1.807, 2.05) is 6.92 Å². The second kappa shape index (κ2) is 12.4. The van der Waals surface area contributed by atoms with Crippen molar-refractivity contribution < 1.29 is 23.1 Å². The highest BCUT2D eigenvalue weighted by molar-refractivity contribution is 7.80. The van der Waals surface area contributed by atoms with Crippen molar-refractivity contribution in [3.05, 3.63) is 64.7 Å². The number of alkyl halides is 2. The van der Waals surface area contributed by atoms with Gasteiger partial charge in [-0.25, -0.2) is 8.78 Å². The average Bonchev–Trinajstić information content (AvgIpc) is 3.04. The summed E-state index contributed by atoms with van der Waals surface area (Å²) in [5, 5.41) is 9.39. The number of nitriles is 1. The molecule has 2 rings (SSSR count). The third kappa shape index (κ3) is 6.66. The molecule has 0 aromatic heterocycles. The molecule has 0 spiro atoms. The molecular weight excluding hydrogens is 522 g/mol. The molecule has 1 aliphatic heterocycles. The molecule has 39 heavy (non-hydrogen) atoms. The molecule has 1 aliphatic rings. The van der Waals surface area contributed by atoms with Gasteiger partial charge in [0.1, 0.15) is 5.54 Å². The quantitative estimate of drug-likeness (QED) is 0.107. The lowest BCUT2D eigenvalue weighted by molar-refractivity contribution is -0.122. The maximum atomic E-state index is 14.2. The molecule has 1 fully saturated rings. The average molecular weight is 557 g/mol. The molecule has 0 saturated carbocycles. The molecule has 0 aliphatic carbocycles. The Hall–Kier alpha value is -3.71. The fourth-order valence-corrected chi connectivity index (χ4v) is 4.69. The molecular formula is C29H34F2N4O3S. The van der Waals surface area contributed by atoms with Gasteiger partial charge in [0.05, 0.1) is 29.6 Å². The number of benzene rings is 1. The van der Waals surface area contributed by atoms with Gasteiger partial charge in [0.25, 0.3) is 11.8 Å². The van der Waals surface area contributed by atoms with Crippen molar-refractivity contribution in [1.29, 1.82) is 5.26 Å². The lowest BCUT2D eigenvalue weighted by Gasteiger charge is -2.30. The number of anilines is 1. The number of hydrogen-bond acceptors (Lipinski definition) is 6. The predicted octanol–water partition coefficient (Wildman–Crippen LogP) is 6.55. The Labute approximate surface area is 234 Å². The summed E-state index contributed by atoms with van der Waals surface area (Å²) in [5.41, 5.74) is 0.0625. The van der Waals surface area contributed by atoms with Crippen molar-refractivity contribution in [3.63, 3.8) is 0 Å². The molecule has 0 bridgehead atoms. The summed E-state index contributed by atoms with van der Waals surface area (Å²) in [6.07, 6.45) is 5.75. The van der Waals surface area contributed by atoms with Crippen LogP contribution >= 0.6 is 12.2 Å². The van der Waals surface area contributed by atoms with E-state index in [0.717, 1.165) is 6.07 Å². The van der Waals surface area contributed by atoms with Gasteiger partial charge in [0.2, 0.25) is 0 Å². The van der Waals surface area contributed by atoms with E-state index in [1.54, 1.807) is 63.8 Å². The van der Waals surface area contributed by atoms with E-state index >= 15 is 0 Å². The number of allylic oxidation sites excluding steroid dienone is 5. The number of nitrogens with zero attached hydrogens (tertiary/aromatic N) is 4. The highest BCUT2D eigenvalue weighted by atomic mass is 32.1. The summed E-state index contributed by atoms with van der Waals surface area (Å²) in [4.78, 5) is 32.9. The number of amides is 1. The van der Waals surface area contributed by atoms with Gasteiger partial charge in [-0.1, -0.05) is 13.0 Å². The van der Waals surface area contributed by atoms with Crippen LogP contribution in [0.5, 0.6) is 0 Å². The van der Waals surface area contributed by atoms with Crippen LogP contribution in [0.4, 0.5) is 14.5 Å². The number of rotatable bonds is 10. The van der Waals surface area contributed by atoms with Gasteiger partial charge < -0.3 is 9.64 Å². The zero-order chi connectivity index (χ0) is 29.7. The molecule has 0 N–H and O–H groups in total. The van der Waals surface area contributed by atoms with Crippen LogP contribution in [0.3, 0.4) is 0 Å². The van der Waals surface area contributed by atoms with Gasteiger partial charge in [-0.05, 0) is 83.6 Å². The van der Waals surface area contributed by atoms with Crippen LogP contribution in [0, 0.1) is 11.3 Å². The number of hydrogen-bond donors (Lipinski definition) is 0. The summed E-state index contributed by atoms with van der Waals surface area (Å²) < 4.78 is 34.0. The monoisotopic (exact) mass is 556 g/mol. The maximum Gasteiger partial charge on any atom is 0.271 e. The number of Topliss-reactive ketones (excluding diaryl/α,β-unsaturated/α-hetero) is 1. The first-order chi connectivity index (χ1) is 18.1. The number of carbonyl (C=O) groups is 2. The van der Waals surface area contributed by atoms with Gasteiger partial charge in [0.15, 0.2) is 16.7 Å². The first kappa shape index (κ1) is 31.5. The lowest BCUT2D eigenvalue weighted by Crippen LogP contribution is -2.43. The van der Waals surface area contributed by atoms with Crippen molar-refractivity contribution in [2.75, 3.05) is 11.5 Å². The van der Waals surface area contributed by atoms with Gasteiger partial charge in [-0.2, -0.15) is 5.26 Å². The zero-order valence-corrected chi connectivity index (χ0v) is 24.4. The molecule has 1 amide bonds. The fourth-order valence-electron chi connectivity index (χ4n) is 4.17. The first-order valence-corrected chi connectivity index (χ1v) is 12.9. The van der Waals surface area contributed by atoms with Gasteiger partial charge in [-0.15, -0.1) is 0 Å². The lowest BCUT2D eigenvalue weighted by atomic mass is 10.0. The van der Waals surface area contributed by atoms with E-state index in [9.17, 15) is 23.6 Å². The smallest absolute Gasteiger partial charge is 0.271 e. The molecule has 0 unspecified atom stereocenters. The minimum atomic E-state index is -3.29. The van der Waals surface area contributed by atoms with Crippen molar-refractivity contribution in [2.45, 2.75) is 73.3 Å². The minimum absolute atomic E-state index is 0.108. The number of ether oxygens (including phenoxy) is 1. The summed E-state index contributed by atoms with van der Waals surface area (Å²) in [7, 11) is 0. The molecule has 1 aromatic rings. The predicted molar refractivity (Wildman–Crippen MR) is 152 cm³/mol. The Balaban J connectivity index is 2.51. The van der Waals surface area contributed by atoms with Crippen LogP contribution < -0.4 is 4.90 Å². The zero-order valence-electron chi connectivity index (χ0n) is 23.6. The number of ketones is 1. The molecule has 208 valence electrons. The van der Waals surface area contributed by atoms with Crippen molar-refractivity contribution >= 4 is 40.4 Å². The second-order valence-corrected chi connectivity index (χ2v) is 9.83. The summed E-state index contributed by atoms with van der Waals surface area (Å²) >= 11 is 5.68. The van der Waals surface area contributed by atoms with E-state index in [1.165, 1.54) is 24.0 Å². The van der Waals surface area contributed by atoms with Gasteiger partial charge in [0, 0.05) is 30.8 Å². The molecule has 1 aromatic carbocycles. The number of carbonyl (C=O) groups excluding carboxylic acids is 2. The summed E-state index contributed by atoms with van der Waals surface area (Å²) in [6, 6.07) is 5.60. The molecule has 0 radical (unpaired) electrons. The van der Waals surface area contributed by atoms with E-state index in [-0.39, 0.29) is 27.9 Å². The largest absolute Gasteiger partial charge is 0.488 e. The second-order valence-electron chi connectivity index (χ2n) is 9.47. The Kier molecular flexibility index (Phi) is 10.0. The third-order valence-corrected chi connectivity index (χ3v) is 6.45. The Morgan fingerprint density at radius 3 is 2.38 bits per heavy atom. The minimum Gasteiger partial charge on any atom is -0.488 e. The van der Waals surface area contributed by atoms with Crippen LogP contribution in [-0.4, -0.2) is 39.6 Å². The van der Waals surface area contributed by atoms with Crippen LogP contribution in [0.2, 0.25) is 0 Å².